The van der Waals surface area contributed by atoms with E-state index in [9.17, 15) is 8.78 Å². The zero-order valence-electron chi connectivity index (χ0n) is 26.0. The number of piperidine rings is 1. The summed E-state index contributed by atoms with van der Waals surface area (Å²) in [6, 6.07) is 13.4. The van der Waals surface area contributed by atoms with Gasteiger partial charge in [-0.05, 0) is 51.4 Å². The van der Waals surface area contributed by atoms with Crippen molar-refractivity contribution in [3.05, 3.63) is 66.0 Å². The number of piperazine rings is 1. The summed E-state index contributed by atoms with van der Waals surface area (Å²) in [6.45, 7) is 12.8. The van der Waals surface area contributed by atoms with Gasteiger partial charge in [-0.3, -0.25) is 14.6 Å². The molecule has 6 rings (SSSR count). The summed E-state index contributed by atoms with van der Waals surface area (Å²) >= 11 is 0. The van der Waals surface area contributed by atoms with E-state index in [1.165, 1.54) is 17.5 Å². The lowest BCUT2D eigenvalue weighted by atomic mass is 9.98. The number of hydrogen-bond donors (Lipinski definition) is 1. The van der Waals surface area contributed by atoms with Crippen molar-refractivity contribution in [1.82, 2.24) is 19.8 Å². The molecular formula is C33H43F2N7O2. The number of halogens is 2. The van der Waals surface area contributed by atoms with Gasteiger partial charge in [-0.15, -0.1) is 0 Å². The highest BCUT2D eigenvalue weighted by atomic mass is 19.2. The smallest absolute Gasteiger partial charge is 0.164 e. The molecule has 3 atom stereocenters. The van der Waals surface area contributed by atoms with Crippen LogP contribution in [0.25, 0.3) is 0 Å². The van der Waals surface area contributed by atoms with E-state index in [4.69, 9.17) is 9.57 Å². The molecule has 0 aliphatic carbocycles. The predicted molar refractivity (Wildman–Crippen MR) is 169 cm³/mol. The Labute approximate surface area is 258 Å². The highest BCUT2D eigenvalue weighted by molar-refractivity contribution is 5.70. The van der Waals surface area contributed by atoms with Gasteiger partial charge < -0.3 is 15.0 Å². The van der Waals surface area contributed by atoms with E-state index < -0.39 is 17.7 Å². The highest BCUT2D eigenvalue weighted by Crippen LogP contribution is 2.38. The first-order chi connectivity index (χ1) is 21.4. The molecule has 0 radical (unpaired) electrons. The van der Waals surface area contributed by atoms with Crippen LogP contribution in [0.2, 0.25) is 0 Å². The van der Waals surface area contributed by atoms with Crippen molar-refractivity contribution in [2.45, 2.75) is 64.2 Å². The summed E-state index contributed by atoms with van der Waals surface area (Å²) in [6.07, 6.45) is 4.23. The van der Waals surface area contributed by atoms with Crippen molar-refractivity contribution >= 4 is 23.0 Å². The van der Waals surface area contributed by atoms with Crippen LogP contribution in [-0.2, 0) is 4.84 Å². The fourth-order valence-corrected chi connectivity index (χ4v) is 7.22. The number of rotatable bonds is 8. The fourth-order valence-electron chi connectivity index (χ4n) is 7.22. The van der Waals surface area contributed by atoms with Gasteiger partial charge in [0.15, 0.2) is 17.5 Å². The third-order valence-electron chi connectivity index (χ3n) is 9.41. The van der Waals surface area contributed by atoms with E-state index in [1.54, 1.807) is 19.2 Å². The summed E-state index contributed by atoms with van der Waals surface area (Å²) in [7, 11) is 1.66. The molecule has 4 heterocycles. The maximum Gasteiger partial charge on any atom is 0.164 e. The van der Waals surface area contributed by atoms with Crippen molar-refractivity contribution in [2.24, 2.45) is 0 Å². The van der Waals surface area contributed by atoms with Crippen LogP contribution >= 0.6 is 0 Å². The van der Waals surface area contributed by atoms with Crippen molar-refractivity contribution in [2.75, 3.05) is 61.7 Å². The normalized spacial score (nSPS) is 23.7. The average Bonchev–Trinajstić information content (AvgIpc) is 3.52. The van der Waals surface area contributed by atoms with E-state index in [1.807, 2.05) is 6.07 Å². The Kier molecular flexibility index (Phi) is 9.16. The molecule has 0 bridgehead atoms. The maximum atomic E-state index is 14.6. The molecule has 3 fully saturated rings. The molecule has 236 valence electrons. The molecule has 1 aromatic heterocycles. The number of likely N-dealkylation sites (N-methyl/N-ethyl adjacent to an activating group) is 1. The Morgan fingerprint density at radius 2 is 1.77 bits per heavy atom. The third kappa shape index (κ3) is 6.18. The molecule has 3 saturated heterocycles. The first-order valence-electron chi connectivity index (χ1n) is 15.7. The van der Waals surface area contributed by atoms with Gasteiger partial charge in [0, 0.05) is 74.1 Å². The summed E-state index contributed by atoms with van der Waals surface area (Å²) in [5, 5.41) is 4.87. The van der Waals surface area contributed by atoms with Gasteiger partial charge in [-0.25, -0.2) is 23.8 Å². The summed E-state index contributed by atoms with van der Waals surface area (Å²) in [5.74, 6) is -0.0581. The number of ether oxygens (including phenoxy) is 1. The van der Waals surface area contributed by atoms with Gasteiger partial charge in [-0.2, -0.15) is 0 Å². The maximum absolute atomic E-state index is 14.6. The first-order valence-corrected chi connectivity index (χ1v) is 15.7. The number of methoxy groups -OCH3 is 1. The molecule has 0 amide bonds. The quantitative estimate of drug-likeness (QED) is 0.344. The second-order valence-corrected chi connectivity index (χ2v) is 12.1. The van der Waals surface area contributed by atoms with Crippen LogP contribution in [0.4, 0.5) is 31.8 Å². The topological polar surface area (TPSA) is 69.2 Å². The molecule has 0 spiro atoms. The second kappa shape index (κ2) is 13.2. The molecule has 9 nitrogen and oxygen atoms in total. The first kappa shape index (κ1) is 30.5. The van der Waals surface area contributed by atoms with Gasteiger partial charge in [0.25, 0.3) is 0 Å². The predicted octanol–water partition coefficient (Wildman–Crippen LogP) is 5.77. The van der Waals surface area contributed by atoms with Crippen LogP contribution < -0.4 is 20.0 Å². The largest absolute Gasteiger partial charge is 0.494 e. The fraction of sp³-hybridized carbons (Fsp3) is 0.515. The minimum Gasteiger partial charge on any atom is -0.494 e. The van der Waals surface area contributed by atoms with Gasteiger partial charge in [0.2, 0.25) is 0 Å². The highest BCUT2D eigenvalue weighted by Gasteiger charge is 2.34. The van der Waals surface area contributed by atoms with E-state index in [0.717, 1.165) is 63.0 Å². The van der Waals surface area contributed by atoms with Crippen molar-refractivity contribution in [1.29, 1.82) is 0 Å². The molecule has 1 unspecified atom stereocenters. The van der Waals surface area contributed by atoms with Crippen molar-refractivity contribution in [3.63, 3.8) is 0 Å². The molecule has 11 heteroatoms. The molecule has 0 saturated carbocycles. The minimum absolute atomic E-state index is 0.236. The molecule has 3 aliphatic heterocycles. The van der Waals surface area contributed by atoms with E-state index in [-0.39, 0.29) is 5.56 Å². The van der Waals surface area contributed by atoms with Gasteiger partial charge >= 0.3 is 0 Å². The molecular weight excluding hydrogens is 564 g/mol. The summed E-state index contributed by atoms with van der Waals surface area (Å²) in [4.78, 5) is 22.3. The van der Waals surface area contributed by atoms with Gasteiger partial charge in [-0.1, -0.05) is 19.1 Å². The van der Waals surface area contributed by atoms with Gasteiger partial charge in [0.05, 0.1) is 25.4 Å². The lowest BCUT2D eigenvalue weighted by Gasteiger charge is -2.48. The van der Waals surface area contributed by atoms with E-state index in [2.05, 4.69) is 62.9 Å². The summed E-state index contributed by atoms with van der Waals surface area (Å²) in [5.41, 5.74) is 2.14. The van der Waals surface area contributed by atoms with Crippen LogP contribution in [0.5, 0.6) is 5.75 Å². The van der Waals surface area contributed by atoms with E-state index >= 15 is 0 Å². The SMILES string of the molecule is CCN1[C@H](C)CN(C2CCN(c3ccc(Nc4cc(N5OCCC5c5cccc(F)c5F)ncn4)c(OC)c3)CC2)C[C@@H]1C. The number of nitrogens with zero attached hydrogens (tertiary/aromatic N) is 6. The zero-order chi connectivity index (χ0) is 30.8. The molecule has 1 N–H and O–H groups in total. The third-order valence-corrected chi connectivity index (χ3v) is 9.41. The Bertz CT molecular complexity index is 1420. The van der Waals surface area contributed by atoms with Crippen LogP contribution in [-0.4, -0.2) is 84.3 Å². The monoisotopic (exact) mass is 607 g/mol. The standard InChI is InChI=1S/C33H43F2N7O2/c1-5-41-22(2)19-40(20-23(41)3)24-11-14-39(15-12-24)25-9-10-28(30(17-25)43-4)38-31-18-32(37-21-36-31)42-29(13-16-44-42)26-7-6-8-27(34)33(26)35/h6-10,17-18,21-24,29H,5,11-16,19-20H2,1-4H3,(H,36,37,38)/t22-,23+,29?. The number of aromatic nitrogens is 2. The molecule has 2 aromatic carbocycles. The Hall–Kier alpha value is -3.54. The average molecular weight is 608 g/mol. The number of hydroxylamine groups is 1. The van der Waals surface area contributed by atoms with Crippen LogP contribution in [0.3, 0.4) is 0 Å². The van der Waals surface area contributed by atoms with Gasteiger partial charge in [0.1, 0.15) is 17.9 Å². The Morgan fingerprint density at radius 1 is 1.00 bits per heavy atom. The van der Waals surface area contributed by atoms with Crippen molar-refractivity contribution in [3.8, 4) is 5.75 Å². The Balaban J connectivity index is 1.11. The lowest BCUT2D eigenvalue weighted by Crippen LogP contribution is -2.60. The number of benzene rings is 2. The summed E-state index contributed by atoms with van der Waals surface area (Å²) < 4.78 is 34.3. The number of hydrogen-bond acceptors (Lipinski definition) is 9. The number of anilines is 4. The lowest BCUT2D eigenvalue weighted by molar-refractivity contribution is 0.0141. The van der Waals surface area contributed by atoms with Crippen LogP contribution in [0.1, 0.15) is 51.6 Å². The van der Waals surface area contributed by atoms with Crippen LogP contribution in [0, 0.1) is 11.6 Å². The second-order valence-electron chi connectivity index (χ2n) is 12.1. The minimum atomic E-state index is -0.881. The van der Waals surface area contributed by atoms with Crippen molar-refractivity contribution < 1.29 is 18.4 Å². The molecule has 3 aromatic rings. The molecule has 44 heavy (non-hydrogen) atoms. The number of nitrogens with one attached hydrogen (secondary N) is 1. The zero-order valence-corrected chi connectivity index (χ0v) is 26.0. The molecule has 3 aliphatic rings. The van der Waals surface area contributed by atoms with E-state index in [0.29, 0.717) is 48.5 Å². The van der Waals surface area contributed by atoms with Crippen LogP contribution in [0.15, 0.2) is 48.8 Å². The Morgan fingerprint density at radius 3 is 2.50 bits per heavy atom.